The Morgan fingerprint density at radius 3 is 2.33 bits per heavy atom. The summed E-state index contributed by atoms with van der Waals surface area (Å²) in [5.41, 5.74) is 0. The smallest absolute Gasteiger partial charge is 0.303 e. The Bertz CT molecular complexity index is 124. The van der Waals surface area contributed by atoms with Crippen LogP contribution in [0.5, 0.6) is 0 Å². The van der Waals surface area contributed by atoms with E-state index in [0.29, 0.717) is 6.42 Å². The van der Waals surface area contributed by atoms with Crippen molar-refractivity contribution < 1.29 is 9.90 Å². The van der Waals surface area contributed by atoms with Crippen molar-refractivity contribution in [1.82, 2.24) is 0 Å². The lowest BCUT2D eigenvalue weighted by Crippen LogP contribution is -1.93. The Hall–Kier alpha value is -0.258. The molecule has 0 aliphatic heterocycles. The van der Waals surface area contributed by atoms with E-state index in [1.165, 1.54) is 0 Å². The number of allylic oxidation sites excluding steroid dienone is 1. The summed E-state index contributed by atoms with van der Waals surface area (Å²) < 4.78 is 0. The minimum atomic E-state index is -0.686. The van der Waals surface area contributed by atoms with Gasteiger partial charge in [-0.15, -0.1) is 6.58 Å². The van der Waals surface area contributed by atoms with Gasteiger partial charge in [0.2, 0.25) is 0 Å². The molecular weight excluding hydrogens is 167 g/mol. The number of carbonyl (C=O) groups is 1. The SMILES string of the molecule is C=CCCCCCCC(=O)O.[AlH3]. The van der Waals surface area contributed by atoms with Crippen molar-refractivity contribution in [2.24, 2.45) is 0 Å². The number of aliphatic carboxylic acids is 1. The first-order valence-electron chi connectivity index (χ1n) is 4.10. The maximum absolute atomic E-state index is 10.1. The number of carboxylic acids is 1. The maximum Gasteiger partial charge on any atom is 0.303 e. The van der Waals surface area contributed by atoms with Crippen LogP contribution in [0.2, 0.25) is 0 Å². The zero-order valence-electron chi connectivity index (χ0n) is 6.88. The Kier molecular flexibility index (Phi) is 12.8. The van der Waals surface area contributed by atoms with Gasteiger partial charge in [0, 0.05) is 6.42 Å². The van der Waals surface area contributed by atoms with Crippen molar-refractivity contribution in [2.75, 3.05) is 0 Å². The average molecular weight is 186 g/mol. The molecular formula is C9H19AlO2. The molecule has 0 fully saturated rings. The van der Waals surface area contributed by atoms with Crippen LogP contribution >= 0.6 is 0 Å². The van der Waals surface area contributed by atoms with Crippen molar-refractivity contribution in [3.8, 4) is 0 Å². The highest BCUT2D eigenvalue weighted by atomic mass is 27.0. The Morgan fingerprint density at radius 1 is 1.25 bits per heavy atom. The molecule has 70 valence electrons. The number of carboxylic acid groups (broad SMARTS) is 1. The van der Waals surface area contributed by atoms with Gasteiger partial charge in [-0.1, -0.05) is 18.9 Å². The van der Waals surface area contributed by atoms with Crippen LogP contribution in [0.25, 0.3) is 0 Å². The van der Waals surface area contributed by atoms with Crippen LogP contribution in [0.1, 0.15) is 38.5 Å². The summed E-state index contributed by atoms with van der Waals surface area (Å²) in [5, 5.41) is 8.30. The first kappa shape index (κ1) is 14.3. The maximum atomic E-state index is 10.1. The van der Waals surface area contributed by atoms with Gasteiger partial charge in [-0.2, -0.15) is 0 Å². The number of rotatable bonds is 7. The summed E-state index contributed by atoms with van der Waals surface area (Å²) in [6, 6.07) is 0. The summed E-state index contributed by atoms with van der Waals surface area (Å²) in [6.07, 6.45) is 7.37. The third-order valence-corrected chi connectivity index (χ3v) is 1.55. The van der Waals surface area contributed by atoms with Crippen molar-refractivity contribution >= 4 is 23.3 Å². The van der Waals surface area contributed by atoms with E-state index in [1.54, 1.807) is 0 Å². The van der Waals surface area contributed by atoms with E-state index < -0.39 is 5.97 Å². The van der Waals surface area contributed by atoms with E-state index in [1.807, 2.05) is 6.08 Å². The first-order valence-corrected chi connectivity index (χ1v) is 4.10. The molecule has 0 aromatic rings. The van der Waals surface area contributed by atoms with Gasteiger partial charge in [-0.05, 0) is 19.3 Å². The van der Waals surface area contributed by atoms with E-state index in [0.717, 1.165) is 32.1 Å². The lowest BCUT2D eigenvalue weighted by molar-refractivity contribution is -0.137. The van der Waals surface area contributed by atoms with E-state index in [4.69, 9.17) is 5.11 Å². The van der Waals surface area contributed by atoms with Crippen molar-refractivity contribution in [3.05, 3.63) is 12.7 Å². The molecule has 2 nitrogen and oxygen atoms in total. The van der Waals surface area contributed by atoms with Gasteiger partial charge in [0.05, 0.1) is 0 Å². The molecule has 0 rings (SSSR count). The normalized spacial score (nSPS) is 8.67. The zero-order chi connectivity index (χ0) is 8.53. The van der Waals surface area contributed by atoms with Crippen molar-refractivity contribution in [1.29, 1.82) is 0 Å². The van der Waals surface area contributed by atoms with Crippen LogP contribution in [0.4, 0.5) is 0 Å². The lowest BCUT2D eigenvalue weighted by atomic mass is 10.1. The minimum Gasteiger partial charge on any atom is -0.481 e. The van der Waals surface area contributed by atoms with Gasteiger partial charge in [0.25, 0.3) is 0 Å². The summed E-state index contributed by atoms with van der Waals surface area (Å²) in [6.45, 7) is 3.61. The molecule has 1 N–H and O–H groups in total. The molecule has 12 heavy (non-hydrogen) atoms. The largest absolute Gasteiger partial charge is 0.481 e. The van der Waals surface area contributed by atoms with Gasteiger partial charge >= 0.3 is 5.97 Å². The fraction of sp³-hybridized carbons (Fsp3) is 0.667. The van der Waals surface area contributed by atoms with Gasteiger partial charge in [-0.25, -0.2) is 0 Å². The van der Waals surface area contributed by atoms with Gasteiger partial charge in [0.15, 0.2) is 17.4 Å². The van der Waals surface area contributed by atoms with E-state index in [-0.39, 0.29) is 17.4 Å². The van der Waals surface area contributed by atoms with Gasteiger partial charge in [-0.3, -0.25) is 4.79 Å². The average Bonchev–Trinajstić information content (AvgIpc) is 1.96. The molecule has 0 aromatic heterocycles. The lowest BCUT2D eigenvalue weighted by Gasteiger charge is -1.95. The third kappa shape index (κ3) is 12.4. The highest BCUT2D eigenvalue weighted by Crippen LogP contribution is 2.04. The second-order valence-corrected chi connectivity index (χ2v) is 2.64. The molecule has 0 saturated carbocycles. The Morgan fingerprint density at radius 2 is 1.83 bits per heavy atom. The Balaban J connectivity index is 0. The quantitative estimate of drug-likeness (QED) is 0.371. The van der Waals surface area contributed by atoms with E-state index in [2.05, 4.69) is 6.58 Å². The van der Waals surface area contributed by atoms with Crippen molar-refractivity contribution in [2.45, 2.75) is 38.5 Å². The summed E-state index contributed by atoms with van der Waals surface area (Å²) in [4.78, 5) is 10.1. The molecule has 3 heteroatoms. The number of hydrogen-bond donors (Lipinski definition) is 1. The van der Waals surface area contributed by atoms with Gasteiger partial charge < -0.3 is 5.11 Å². The molecule has 0 saturated heterocycles. The summed E-state index contributed by atoms with van der Waals surface area (Å²) in [7, 11) is 0. The van der Waals surface area contributed by atoms with Crippen molar-refractivity contribution in [3.63, 3.8) is 0 Å². The van der Waals surface area contributed by atoms with E-state index in [9.17, 15) is 4.79 Å². The highest BCUT2D eigenvalue weighted by molar-refractivity contribution is 5.75. The fourth-order valence-corrected chi connectivity index (χ4v) is 0.918. The van der Waals surface area contributed by atoms with E-state index >= 15 is 0 Å². The molecule has 0 atom stereocenters. The number of unbranched alkanes of at least 4 members (excludes halogenated alkanes) is 4. The monoisotopic (exact) mass is 186 g/mol. The third-order valence-electron chi connectivity index (χ3n) is 1.55. The highest BCUT2D eigenvalue weighted by Gasteiger charge is 1.94. The zero-order valence-corrected chi connectivity index (χ0v) is 6.88. The molecule has 0 aliphatic rings. The topological polar surface area (TPSA) is 37.3 Å². The van der Waals surface area contributed by atoms with Crippen LogP contribution in [0, 0.1) is 0 Å². The molecule has 0 aromatic carbocycles. The van der Waals surface area contributed by atoms with Crippen LogP contribution in [0.3, 0.4) is 0 Å². The molecule has 0 unspecified atom stereocenters. The molecule has 0 heterocycles. The van der Waals surface area contributed by atoms with Crippen LogP contribution in [0.15, 0.2) is 12.7 Å². The molecule has 0 spiro atoms. The molecule has 0 amide bonds. The predicted octanol–water partition coefficient (Wildman–Crippen LogP) is 1.41. The molecule has 0 aliphatic carbocycles. The molecule has 0 bridgehead atoms. The minimum absolute atomic E-state index is 0. The van der Waals surface area contributed by atoms with Crippen LogP contribution in [-0.4, -0.2) is 28.4 Å². The fourth-order valence-electron chi connectivity index (χ4n) is 0.918. The Labute approximate surface area is 84.8 Å². The van der Waals surface area contributed by atoms with Gasteiger partial charge in [0.1, 0.15) is 0 Å². The standard InChI is InChI=1S/C9H16O2.Al.3H/c1-2-3-4-5-6-7-8-9(10)11;;;;/h2H,1,3-8H2,(H,10,11);;;;. The second kappa shape index (κ2) is 10.7. The number of hydrogen-bond acceptors (Lipinski definition) is 1. The summed E-state index contributed by atoms with van der Waals surface area (Å²) >= 11 is 0. The molecule has 0 radical (unpaired) electrons. The predicted molar refractivity (Wildman–Crippen MR) is 55.5 cm³/mol. The summed E-state index contributed by atoms with van der Waals surface area (Å²) in [5.74, 6) is -0.686. The van der Waals surface area contributed by atoms with Crippen LogP contribution in [-0.2, 0) is 4.79 Å². The second-order valence-electron chi connectivity index (χ2n) is 2.64. The first-order chi connectivity index (χ1) is 5.27. The van der Waals surface area contributed by atoms with Crippen LogP contribution < -0.4 is 0 Å².